The van der Waals surface area contributed by atoms with Gasteiger partial charge in [0.05, 0.1) is 12.2 Å². The number of carbonyl (C=O) groups excluding carboxylic acids is 2. The van der Waals surface area contributed by atoms with E-state index in [9.17, 15) is 9.59 Å². The van der Waals surface area contributed by atoms with Gasteiger partial charge in [-0.25, -0.2) is 0 Å². The molecular weight excluding hydrogens is 434 g/mol. The SMILES string of the molecule is CC(=O)C(C)(C)Cc1c(C(=O)C2CCC2)c2cc(C(C)C)ccc2n1Cc1ccc(Cl)nn1. The molecule has 1 aliphatic carbocycles. The molecule has 1 aliphatic rings. The van der Waals surface area contributed by atoms with E-state index in [1.807, 2.05) is 19.9 Å². The smallest absolute Gasteiger partial charge is 0.168 e. The molecule has 0 saturated heterocycles. The molecule has 4 rings (SSSR count). The Bertz CT molecular complexity index is 1200. The van der Waals surface area contributed by atoms with E-state index in [0.29, 0.717) is 24.0 Å². The molecule has 1 fully saturated rings. The lowest BCUT2D eigenvalue weighted by Gasteiger charge is -2.26. The highest BCUT2D eigenvalue weighted by molar-refractivity contribution is 6.29. The lowest BCUT2D eigenvalue weighted by Crippen LogP contribution is -2.28. The summed E-state index contributed by atoms with van der Waals surface area (Å²) in [5.41, 5.74) is 4.06. The van der Waals surface area contributed by atoms with Crippen LogP contribution in [-0.2, 0) is 17.8 Å². The van der Waals surface area contributed by atoms with Crippen LogP contribution in [0, 0.1) is 11.3 Å². The van der Waals surface area contributed by atoms with Crippen LogP contribution >= 0.6 is 11.6 Å². The van der Waals surface area contributed by atoms with Crippen LogP contribution in [0.2, 0.25) is 5.15 Å². The molecule has 0 radical (unpaired) electrons. The monoisotopic (exact) mass is 465 g/mol. The zero-order valence-electron chi connectivity index (χ0n) is 20.1. The molecule has 6 heteroatoms. The van der Waals surface area contributed by atoms with Gasteiger partial charge in [0.25, 0.3) is 0 Å². The van der Waals surface area contributed by atoms with E-state index in [2.05, 4.69) is 46.8 Å². The summed E-state index contributed by atoms with van der Waals surface area (Å²) < 4.78 is 2.16. The molecule has 0 N–H and O–H groups in total. The molecule has 33 heavy (non-hydrogen) atoms. The number of carbonyl (C=O) groups is 2. The van der Waals surface area contributed by atoms with E-state index < -0.39 is 5.41 Å². The number of aromatic nitrogens is 3. The van der Waals surface area contributed by atoms with Crippen LogP contribution in [0.4, 0.5) is 0 Å². The fraction of sp³-hybridized carbons (Fsp3) is 0.481. The van der Waals surface area contributed by atoms with Crippen LogP contribution < -0.4 is 0 Å². The first-order valence-corrected chi connectivity index (χ1v) is 12.1. The zero-order chi connectivity index (χ0) is 23.9. The van der Waals surface area contributed by atoms with E-state index in [-0.39, 0.29) is 17.5 Å². The molecule has 0 amide bonds. The van der Waals surface area contributed by atoms with Gasteiger partial charge >= 0.3 is 0 Å². The van der Waals surface area contributed by atoms with E-state index in [1.165, 1.54) is 5.56 Å². The van der Waals surface area contributed by atoms with Crippen molar-refractivity contribution in [2.45, 2.75) is 72.8 Å². The Balaban J connectivity index is 1.97. The fourth-order valence-electron chi connectivity index (χ4n) is 4.43. The molecule has 2 aromatic heterocycles. The second-order valence-electron chi connectivity index (χ2n) is 10.3. The van der Waals surface area contributed by atoms with E-state index in [0.717, 1.165) is 47.1 Å². The van der Waals surface area contributed by atoms with Gasteiger partial charge in [-0.1, -0.05) is 51.8 Å². The van der Waals surface area contributed by atoms with Crippen molar-refractivity contribution >= 4 is 34.1 Å². The predicted molar refractivity (Wildman–Crippen MR) is 132 cm³/mol. The Kier molecular flexibility index (Phi) is 6.45. The summed E-state index contributed by atoms with van der Waals surface area (Å²) >= 11 is 5.95. The fourth-order valence-corrected chi connectivity index (χ4v) is 4.53. The normalized spacial score (nSPS) is 14.6. The van der Waals surface area contributed by atoms with Gasteiger partial charge in [0.2, 0.25) is 0 Å². The van der Waals surface area contributed by atoms with Crippen LogP contribution in [0.25, 0.3) is 10.9 Å². The van der Waals surface area contributed by atoms with Gasteiger partial charge in [0, 0.05) is 39.9 Å². The third-order valence-electron chi connectivity index (χ3n) is 7.15. The number of hydrogen-bond donors (Lipinski definition) is 0. The summed E-state index contributed by atoms with van der Waals surface area (Å²) in [5.74, 6) is 0.739. The van der Waals surface area contributed by atoms with Crippen LogP contribution in [-0.4, -0.2) is 26.3 Å². The van der Waals surface area contributed by atoms with Crippen molar-refractivity contribution < 1.29 is 9.59 Å². The van der Waals surface area contributed by atoms with Crippen molar-refractivity contribution in [3.8, 4) is 0 Å². The third-order valence-corrected chi connectivity index (χ3v) is 7.36. The van der Waals surface area contributed by atoms with E-state index in [4.69, 9.17) is 11.6 Å². The molecule has 0 unspecified atom stereocenters. The van der Waals surface area contributed by atoms with Crippen molar-refractivity contribution in [1.82, 2.24) is 14.8 Å². The molecule has 0 aliphatic heterocycles. The summed E-state index contributed by atoms with van der Waals surface area (Å²) in [6, 6.07) is 9.99. The molecule has 174 valence electrons. The van der Waals surface area contributed by atoms with Gasteiger partial charge in [-0.2, -0.15) is 5.10 Å². The minimum atomic E-state index is -0.590. The average Bonchev–Trinajstić information content (AvgIpc) is 3.00. The number of nitrogens with zero attached hydrogens (tertiary/aromatic N) is 3. The summed E-state index contributed by atoms with van der Waals surface area (Å²) in [7, 11) is 0. The van der Waals surface area contributed by atoms with E-state index in [1.54, 1.807) is 13.0 Å². The lowest BCUT2D eigenvalue weighted by molar-refractivity contribution is -0.124. The predicted octanol–water partition coefficient (Wildman–Crippen LogP) is 6.40. The number of halogens is 1. The largest absolute Gasteiger partial charge is 0.338 e. The van der Waals surface area contributed by atoms with Crippen molar-refractivity contribution in [2.75, 3.05) is 0 Å². The first-order valence-electron chi connectivity index (χ1n) is 11.8. The molecule has 0 bridgehead atoms. The molecule has 2 heterocycles. The van der Waals surface area contributed by atoms with Crippen LogP contribution in [0.3, 0.4) is 0 Å². The summed E-state index contributed by atoms with van der Waals surface area (Å²) in [5, 5.41) is 9.58. The quantitative estimate of drug-likeness (QED) is 0.361. The highest BCUT2D eigenvalue weighted by atomic mass is 35.5. The Labute approximate surface area is 200 Å². The highest BCUT2D eigenvalue weighted by Gasteiger charge is 2.35. The number of Topliss-reactive ketones (excluding diaryl/α,β-unsaturated/α-hetero) is 2. The molecule has 0 spiro atoms. The average molecular weight is 466 g/mol. The number of benzene rings is 1. The Hall–Kier alpha value is -2.53. The maximum Gasteiger partial charge on any atom is 0.168 e. The highest BCUT2D eigenvalue weighted by Crippen LogP contribution is 2.39. The van der Waals surface area contributed by atoms with Crippen LogP contribution in [0.1, 0.15) is 87.1 Å². The molecule has 0 atom stereocenters. The number of ketones is 2. The maximum atomic E-state index is 13.8. The minimum Gasteiger partial charge on any atom is -0.338 e. The molecule has 1 aromatic carbocycles. The summed E-state index contributed by atoms with van der Waals surface area (Å²) in [6.45, 7) is 10.3. The van der Waals surface area contributed by atoms with E-state index >= 15 is 0 Å². The van der Waals surface area contributed by atoms with Crippen LogP contribution in [0.15, 0.2) is 30.3 Å². The number of fused-ring (bicyclic) bond motifs is 1. The molecular formula is C27H32ClN3O2. The molecule has 5 nitrogen and oxygen atoms in total. The van der Waals surface area contributed by atoms with Crippen molar-refractivity contribution in [3.05, 3.63) is 58.0 Å². The zero-order valence-corrected chi connectivity index (χ0v) is 20.9. The second-order valence-corrected chi connectivity index (χ2v) is 10.7. The van der Waals surface area contributed by atoms with Crippen molar-refractivity contribution in [3.63, 3.8) is 0 Å². The van der Waals surface area contributed by atoms with Gasteiger partial charge < -0.3 is 4.57 Å². The molecule has 1 saturated carbocycles. The first-order chi connectivity index (χ1) is 15.6. The van der Waals surface area contributed by atoms with Crippen molar-refractivity contribution in [2.24, 2.45) is 11.3 Å². The van der Waals surface area contributed by atoms with Crippen LogP contribution in [0.5, 0.6) is 0 Å². The number of hydrogen-bond acceptors (Lipinski definition) is 4. The third kappa shape index (κ3) is 4.61. The maximum absolute atomic E-state index is 13.8. The van der Waals surface area contributed by atoms with Gasteiger partial charge in [-0.3, -0.25) is 9.59 Å². The Morgan fingerprint density at radius 1 is 1.15 bits per heavy atom. The Morgan fingerprint density at radius 2 is 1.88 bits per heavy atom. The second kappa shape index (κ2) is 9.02. The Morgan fingerprint density at radius 3 is 2.42 bits per heavy atom. The number of rotatable bonds is 8. The lowest BCUT2D eigenvalue weighted by atomic mass is 9.77. The van der Waals surface area contributed by atoms with Crippen molar-refractivity contribution in [1.29, 1.82) is 0 Å². The van der Waals surface area contributed by atoms with Gasteiger partial charge in [0.1, 0.15) is 5.78 Å². The minimum absolute atomic E-state index is 0.0706. The standard InChI is InChI=1S/C27H32ClN3O2/c1-16(2)19-9-11-22-21(13-19)25(26(33)18-7-6-8-18)23(14-27(4,5)17(3)32)31(22)15-20-10-12-24(28)30-29-20/h9-13,16,18H,6-8,14-15H2,1-5H3. The van der Waals surface area contributed by atoms with Gasteiger partial charge in [-0.15, -0.1) is 5.10 Å². The topological polar surface area (TPSA) is 64.8 Å². The van der Waals surface area contributed by atoms with Gasteiger partial charge in [0.15, 0.2) is 10.9 Å². The van der Waals surface area contributed by atoms with Gasteiger partial charge in [-0.05, 0) is 55.5 Å². The molecule has 3 aromatic rings. The summed E-state index contributed by atoms with van der Waals surface area (Å²) in [4.78, 5) is 26.3. The summed E-state index contributed by atoms with van der Waals surface area (Å²) in [6.07, 6.45) is 3.46. The first kappa shape index (κ1) is 23.6.